The Hall–Kier alpha value is -2.93. The molecule has 0 bridgehead atoms. The van der Waals surface area contributed by atoms with Crippen LogP contribution in [0, 0.1) is 13.8 Å². The van der Waals surface area contributed by atoms with Crippen molar-refractivity contribution >= 4 is 16.3 Å². The van der Waals surface area contributed by atoms with Gasteiger partial charge in [0.05, 0.1) is 7.11 Å². The molecule has 0 aliphatic carbocycles. The summed E-state index contributed by atoms with van der Waals surface area (Å²) in [6.45, 7) is 4.56. The summed E-state index contributed by atoms with van der Waals surface area (Å²) < 4.78 is 12.8. The summed E-state index contributed by atoms with van der Waals surface area (Å²) in [5.74, 6) is 2.35. The van der Waals surface area contributed by atoms with E-state index in [1.807, 2.05) is 36.4 Å². The van der Waals surface area contributed by atoms with E-state index in [0.717, 1.165) is 27.0 Å². The fraction of sp³-hybridized carbons (Fsp3) is 0.211. The molecular weight excluding hydrogens is 348 g/mol. The standard InChI is InChI=1S/C19H18N4O2S/c1-12-4-7-16(10-13(12)2)25-11-17-22-23-18(20-21-19(23)26-17)14-5-8-15(24-3)9-6-14/h4-10H,11H2,1-3H3. The molecular formula is C19H18N4O2S. The van der Waals surface area contributed by atoms with Crippen molar-refractivity contribution in [3.05, 3.63) is 58.6 Å². The summed E-state index contributed by atoms with van der Waals surface area (Å²) >= 11 is 1.48. The number of benzene rings is 2. The Morgan fingerprint density at radius 1 is 0.962 bits per heavy atom. The van der Waals surface area contributed by atoms with Crippen molar-refractivity contribution in [1.82, 2.24) is 19.8 Å². The summed E-state index contributed by atoms with van der Waals surface area (Å²) in [5, 5.41) is 13.9. The maximum absolute atomic E-state index is 5.87. The zero-order valence-corrected chi connectivity index (χ0v) is 15.6. The number of hydrogen-bond acceptors (Lipinski definition) is 6. The number of nitrogens with zero attached hydrogens (tertiary/aromatic N) is 4. The van der Waals surface area contributed by atoms with E-state index in [-0.39, 0.29) is 0 Å². The van der Waals surface area contributed by atoms with Gasteiger partial charge in [0.1, 0.15) is 18.1 Å². The Labute approximate surface area is 155 Å². The lowest BCUT2D eigenvalue weighted by Gasteiger charge is -2.06. The third kappa shape index (κ3) is 3.13. The van der Waals surface area contributed by atoms with Gasteiger partial charge in [-0.15, -0.1) is 10.2 Å². The molecule has 2 aromatic heterocycles. The maximum Gasteiger partial charge on any atom is 0.235 e. The van der Waals surface area contributed by atoms with Gasteiger partial charge in [-0.1, -0.05) is 17.4 Å². The Balaban J connectivity index is 1.56. The summed E-state index contributed by atoms with van der Waals surface area (Å²) in [4.78, 5) is 0.745. The summed E-state index contributed by atoms with van der Waals surface area (Å²) in [5.41, 5.74) is 3.40. The fourth-order valence-electron chi connectivity index (χ4n) is 2.58. The first-order valence-corrected chi connectivity index (χ1v) is 9.01. The number of ether oxygens (including phenoxy) is 2. The minimum absolute atomic E-state index is 0.401. The number of hydrogen-bond donors (Lipinski definition) is 0. The zero-order chi connectivity index (χ0) is 18.1. The number of methoxy groups -OCH3 is 1. The van der Waals surface area contributed by atoms with Crippen LogP contribution in [0.15, 0.2) is 42.5 Å². The van der Waals surface area contributed by atoms with Crippen LogP contribution in [-0.2, 0) is 6.61 Å². The monoisotopic (exact) mass is 366 g/mol. The quantitative estimate of drug-likeness (QED) is 0.533. The van der Waals surface area contributed by atoms with Crippen LogP contribution in [0.5, 0.6) is 11.5 Å². The van der Waals surface area contributed by atoms with E-state index >= 15 is 0 Å². The Morgan fingerprint density at radius 2 is 1.73 bits per heavy atom. The van der Waals surface area contributed by atoms with Gasteiger partial charge in [0.25, 0.3) is 0 Å². The fourth-order valence-corrected chi connectivity index (χ4v) is 3.33. The second-order valence-corrected chi connectivity index (χ2v) is 7.02. The molecule has 0 N–H and O–H groups in total. The van der Waals surface area contributed by atoms with Crippen molar-refractivity contribution in [3.8, 4) is 22.9 Å². The van der Waals surface area contributed by atoms with E-state index < -0.39 is 0 Å². The normalized spacial score (nSPS) is 11.0. The van der Waals surface area contributed by atoms with Gasteiger partial charge in [0.2, 0.25) is 4.96 Å². The van der Waals surface area contributed by atoms with E-state index in [1.165, 1.54) is 22.5 Å². The molecule has 2 heterocycles. The SMILES string of the molecule is COc1ccc(-c2nnc3sc(COc4ccc(C)c(C)c4)nn23)cc1. The van der Waals surface area contributed by atoms with E-state index in [0.29, 0.717) is 12.4 Å². The van der Waals surface area contributed by atoms with Crippen LogP contribution in [-0.4, -0.2) is 26.9 Å². The predicted octanol–water partition coefficient (Wildman–Crippen LogP) is 4.06. The van der Waals surface area contributed by atoms with Crippen molar-refractivity contribution in [2.75, 3.05) is 7.11 Å². The molecule has 0 fully saturated rings. The lowest BCUT2D eigenvalue weighted by molar-refractivity contribution is 0.304. The van der Waals surface area contributed by atoms with Crippen molar-refractivity contribution in [2.45, 2.75) is 20.5 Å². The molecule has 0 saturated heterocycles. The van der Waals surface area contributed by atoms with Crippen LogP contribution in [0.25, 0.3) is 16.3 Å². The highest BCUT2D eigenvalue weighted by atomic mass is 32.1. The van der Waals surface area contributed by atoms with E-state index in [1.54, 1.807) is 11.6 Å². The Morgan fingerprint density at radius 3 is 2.46 bits per heavy atom. The number of aryl methyl sites for hydroxylation is 2. The molecule has 4 rings (SSSR count). The van der Waals surface area contributed by atoms with Crippen LogP contribution in [0.3, 0.4) is 0 Å². The summed E-state index contributed by atoms with van der Waals surface area (Å²) in [6, 6.07) is 13.8. The second-order valence-electron chi connectivity index (χ2n) is 5.98. The van der Waals surface area contributed by atoms with E-state index in [9.17, 15) is 0 Å². The summed E-state index contributed by atoms with van der Waals surface area (Å²) in [7, 11) is 1.65. The molecule has 0 aliphatic rings. The smallest absolute Gasteiger partial charge is 0.235 e. The third-order valence-electron chi connectivity index (χ3n) is 4.22. The van der Waals surface area contributed by atoms with Crippen LogP contribution in [0.1, 0.15) is 16.1 Å². The molecule has 26 heavy (non-hydrogen) atoms. The Bertz CT molecular complexity index is 1050. The first kappa shape index (κ1) is 16.5. The topological polar surface area (TPSA) is 61.5 Å². The first-order valence-electron chi connectivity index (χ1n) is 8.19. The van der Waals surface area contributed by atoms with Crippen molar-refractivity contribution < 1.29 is 9.47 Å². The van der Waals surface area contributed by atoms with Gasteiger partial charge in [0, 0.05) is 5.56 Å². The lowest BCUT2D eigenvalue weighted by atomic mass is 10.1. The molecule has 0 spiro atoms. The van der Waals surface area contributed by atoms with Gasteiger partial charge in [0.15, 0.2) is 10.8 Å². The Kier molecular flexibility index (Phi) is 4.30. The molecule has 7 heteroatoms. The zero-order valence-electron chi connectivity index (χ0n) is 14.8. The minimum atomic E-state index is 0.401. The van der Waals surface area contributed by atoms with Gasteiger partial charge >= 0.3 is 0 Å². The van der Waals surface area contributed by atoms with Crippen LogP contribution >= 0.6 is 11.3 Å². The highest BCUT2D eigenvalue weighted by Crippen LogP contribution is 2.24. The van der Waals surface area contributed by atoms with Gasteiger partial charge in [-0.3, -0.25) is 0 Å². The molecule has 0 amide bonds. The minimum Gasteiger partial charge on any atom is -0.497 e. The largest absolute Gasteiger partial charge is 0.497 e. The van der Waals surface area contributed by atoms with Gasteiger partial charge in [-0.2, -0.15) is 9.61 Å². The van der Waals surface area contributed by atoms with Crippen molar-refractivity contribution in [1.29, 1.82) is 0 Å². The maximum atomic E-state index is 5.87. The van der Waals surface area contributed by atoms with Crippen molar-refractivity contribution in [2.24, 2.45) is 0 Å². The molecule has 0 aliphatic heterocycles. The molecule has 0 unspecified atom stereocenters. The average Bonchev–Trinajstić information content (AvgIpc) is 3.23. The number of aromatic nitrogens is 4. The molecule has 0 saturated carbocycles. The predicted molar refractivity (Wildman–Crippen MR) is 101 cm³/mol. The number of fused-ring (bicyclic) bond motifs is 1. The van der Waals surface area contributed by atoms with Crippen LogP contribution in [0.2, 0.25) is 0 Å². The van der Waals surface area contributed by atoms with Crippen molar-refractivity contribution in [3.63, 3.8) is 0 Å². The van der Waals surface area contributed by atoms with Gasteiger partial charge < -0.3 is 9.47 Å². The van der Waals surface area contributed by atoms with Crippen LogP contribution < -0.4 is 9.47 Å². The molecule has 2 aromatic carbocycles. The third-order valence-corrected chi connectivity index (χ3v) is 5.09. The van der Waals surface area contributed by atoms with Gasteiger partial charge in [-0.05, 0) is 61.4 Å². The molecule has 132 valence electrons. The van der Waals surface area contributed by atoms with Gasteiger partial charge in [-0.25, -0.2) is 0 Å². The van der Waals surface area contributed by atoms with Crippen LogP contribution in [0.4, 0.5) is 0 Å². The highest BCUT2D eigenvalue weighted by Gasteiger charge is 2.14. The molecule has 6 nitrogen and oxygen atoms in total. The number of rotatable bonds is 5. The summed E-state index contributed by atoms with van der Waals surface area (Å²) in [6.07, 6.45) is 0. The lowest BCUT2D eigenvalue weighted by Crippen LogP contribution is -1.98. The molecule has 0 atom stereocenters. The van der Waals surface area contributed by atoms with E-state index in [2.05, 4.69) is 35.2 Å². The first-order chi connectivity index (χ1) is 12.6. The molecule has 4 aromatic rings. The molecule has 0 radical (unpaired) electrons. The van der Waals surface area contributed by atoms with E-state index in [4.69, 9.17) is 9.47 Å². The highest BCUT2D eigenvalue weighted by molar-refractivity contribution is 7.16. The second kappa shape index (κ2) is 6.76. The average molecular weight is 366 g/mol.